The first-order valence-electron chi connectivity index (χ1n) is 5.97. The maximum atomic E-state index is 11.1. The Morgan fingerprint density at radius 1 is 1.50 bits per heavy atom. The third kappa shape index (κ3) is 2.69. The maximum absolute atomic E-state index is 11.1. The molecule has 5 nitrogen and oxygen atoms in total. The molecule has 1 aromatic heterocycles. The van der Waals surface area contributed by atoms with Crippen LogP contribution in [0, 0.1) is 0 Å². The highest BCUT2D eigenvalue weighted by Crippen LogP contribution is 2.31. The van der Waals surface area contributed by atoms with Crippen molar-refractivity contribution in [2.75, 3.05) is 17.3 Å². The van der Waals surface area contributed by atoms with Gasteiger partial charge in [-0.25, -0.2) is 4.98 Å². The van der Waals surface area contributed by atoms with Crippen molar-refractivity contribution in [2.45, 2.75) is 30.6 Å². The van der Waals surface area contributed by atoms with Gasteiger partial charge in [0, 0.05) is 11.3 Å². The van der Waals surface area contributed by atoms with Gasteiger partial charge in [0.25, 0.3) is 5.91 Å². The molecule has 0 radical (unpaired) electrons. The summed E-state index contributed by atoms with van der Waals surface area (Å²) in [5.41, 5.74) is 11.9. The number of thioether (sulfide) groups is 1. The van der Waals surface area contributed by atoms with Crippen molar-refractivity contribution in [1.82, 2.24) is 4.98 Å². The fraction of sp³-hybridized carbons (Fsp3) is 0.500. The molecule has 0 spiro atoms. The minimum Gasteiger partial charge on any atom is -0.396 e. The average molecular weight is 266 g/mol. The van der Waals surface area contributed by atoms with Crippen LogP contribution < -0.4 is 16.8 Å². The second-order valence-electron chi connectivity index (χ2n) is 4.45. The monoisotopic (exact) mass is 266 g/mol. The van der Waals surface area contributed by atoms with Gasteiger partial charge in [-0.1, -0.05) is 6.42 Å². The van der Waals surface area contributed by atoms with Gasteiger partial charge in [-0.2, -0.15) is 11.8 Å². The lowest BCUT2D eigenvalue weighted by molar-refractivity contribution is 0.0995. The van der Waals surface area contributed by atoms with E-state index < -0.39 is 5.91 Å². The van der Waals surface area contributed by atoms with Crippen LogP contribution >= 0.6 is 11.8 Å². The van der Waals surface area contributed by atoms with E-state index in [-0.39, 0.29) is 5.69 Å². The molecule has 0 aromatic carbocycles. The molecule has 98 valence electrons. The minimum atomic E-state index is -0.536. The predicted molar refractivity (Wildman–Crippen MR) is 75.7 cm³/mol. The Bertz CT molecular complexity index is 452. The lowest BCUT2D eigenvalue weighted by Gasteiger charge is -2.20. The first-order valence-corrected chi connectivity index (χ1v) is 7.26. The minimum absolute atomic E-state index is 0.241. The summed E-state index contributed by atoms with van der Waals surface area (Å²) in [6.45, 7) is 0. The largest absolute Gasteiger partial charge is 0.396 e. The van der Waals surface area contributed by atoms with Crippen LogP contribution in [0.5, 0.6) is 0 Å². The molecule has 0 saturated heterocycles. The summed E-state index contributed by atoms with van der Waals surface area (Å²) >= 11 is 1.85. The van der Waals surface area contributed by atoms with Crippen LogP contribution in [-0.4, -0.2) is 28.4 Å². The van der Waals surface area contributed by atoms with Crippen molar-refractivity contribution in [3.8, 4) is 0 Å². The lowest BCUT2D eigenvalue weighted by Crippen LogP contribution is -2.27. The number of nitrogens with one attached hydrogen (secondary N) is 1. The maximum Gasteiger partial charge on any atom is 0.267 e. The number of nitrogens with zero attached hydrogens (tertiary/aromatic N) is 1. The van der Waals surface area contributed by atoms with E-state index in [4.69, 9.17) is 11.5 Å². The van der Waals surface area contributed by atoms with Gasteiger partial charge in [0.15, 0.2) is 0 Å². The van der Waals surface area contributed by atoms with Crippen LogP contribution in [0.2, 0.25) is 0 Å². The van der Waals surface area contributed by atoms with Gasteiger partial charge in [-0.3, -0.25) is 4.79 Å². The molecule has 1 fully saturated rings. The molecule has 2 rings (SSSR count). The van der Waals surface area contributed by atoms with Gasteiger partial charge in [0.2, 0.25) is 0 Å². The summed E-state index contributed by atoms with van der Waals surface area (Å²) < 4.78 is 0. The number of carbonyl (C=O) groups is 1. The van der Waals surface area contributed by atoms with Crippen molar-refractivity contribution >= 4 is 29.2 Å². The molecule has 6 heteroatoms. The van der Waals surface area contributed by atoms with Crippen LogP contribution in [0.4, 0.5) is 11.5 Å². The molecule has 1 saturated carbocycles. The quantitative estimate of drug-likeness (QED) is 0.767. The first kappa shape index (κ1) is 13.0. The number of pyridine rings is 1. The number of primary amides is 1. The molecule has 1 heterocycles. The van der Waals surface area contributed by atoms with E-state index in [0.717, 1.165) is 6.42 Å². The van der Waals surface area contributed by atoms with Crippen LogP contribution in [0.15, 0.2) is 12.1 Å². The third-order valence-electron chi connectivity index (χ3n) is 3.26. The fourth-order valence-corrected chi connectivity index (χ4v) is 3.21. The van der Waals surface area contributed by atoms with Crippen LogP contribution in [-0.2, 0) is 0 Å². The molecular formula is C12H18N4OS. The van der Waals surface area contributed by atoms with E-state index in [0.29, 0.717) is 22.8 Å². The molecule has 1 aliphatic carbocycles. The zero-order chi connectivity index (χ0) is 13.1. The number of amides is 1. The standard InChI is InChI=1S/C12H18N4OS/c1-18-10-4-2-3-8(10)15-12-7(13)5-6-9(16-12)11(14)17/h5-6,8,10H,2-4,13H2,1H3,(H2,14,17)(H,15,16). The Labute approximate surface area is 111 Å². The summed E-state index contributed by atoms with van der Waals surface area (Å²) in [5, 5.41) is 3.91. The Morgan fingerprint density at radius 2 is 2.28 bits per heavy atom. The van der Waals surface area contributed by atoms with E-state index in [1.807, 2.05) is 11.8 Å². The van der Waals surface area contributed by atoms with Crippen molar-refractivity contribution in [3.05, 3.63) is 17.8 Å². The van der Waals surface area contributed by atoms with E-state index in [1.54, 1.807) is 12.1 Å². The summed E-state index contributed by atoms with van der Waals surface area (Å²) in [6, 6.07) is 3.57. The van der Waals surface area contributed by atoms with Gasteiger partial charge in [0.1, 0.15) is 11.5 Å². The highest BCUT2D eigenvalue weighted by atomic mass is 32.2. The Balaban J connectivity index is 2.17. The fourth-order valence-electron chi connectivity index (χ4n) is 2.27. The summed E-state index contributed by atoms with van der Waals surface area (Å²) in [5.74, 6) is 0.0307. The van der Waals surface area contributed by atoms with Crippen molar-refractivity contribution < 1.29 is 4.79 Å². The van der Waals surface area contributed by atoms with Gasteiger partial charge in [-0.05, 0) is 31.2 Å². The molecule has 0 aliphatic heterocycles. The first-order chi connectivity index (χ1) is 8.61. The summed E-state index contributed by atoms with van der Waals surface area (Å²) in [7, 11) is 0. The van der Waals surface area contributed by atoms with Gasteiger partial charge >= 0.3 is 0 Å². The molecule has 18 heavy (non-hydrogen) atoms. The Kier molecular flexibility index (Phi) is 3.96. The zero-order valence-electron chi connectivity index (χ0n) is 10.3. The van der Waals surface area contributed by atoms with Crippen molar-refractivity contribution in [2.24, 2.45) is 5.73 Å². The molecular weight excluding hydrogens is 248 g/mol. The van der Waals surface area contributed by atoms with Crippen LogP contribution in [0.3, 0.4) is 0 Å². The predicted octanol–water partition coefficient (Wildman–Crippen LogP) is 1.46. The molecule has 1 aromatic rings. The molecule has 0 bridgehead atoms. The molecule has 1 aliphatic rings. The molecule has 1 amide bonds. The van der Waals surface area contributed by atoms with Crippen LogP contribution in [0.1, 0.15) is 29.8 Å². The smallest absolute Gasteiger partial charge is 0.267 e. The summed E-state index contributed by atoms with van der Waals surface area (Å²) in [4.78, 5) is 15.3. The number of hydrogen-bond donors (Lipinski definition) is 3. The molecule has 5 N–H and O–H groups in total. The second kappa shape index (κ2) is 5.48. The van der Waals surface area contributed by atoms with E-state index in [2.05, 4.69) is 16.6 Å². The zero-order valence-corrected chi connectivity index (χ0v) is 11.2. The average Bonchev–Trinajstić information content (AvgIpc) is 2.79. The number of hydrogen-bond acceptors (Lipinski definition) is 5. The van der Waals surface area contributed by atoms with Crippen LogP contribution in [0.25, 0.3) is 0 Å². The number of rotatable bonds is 4. The number of carbonyl (C=O) groups excluding carboxylic acids is 1. The topological polar surface area (TPSA) is 94.0 Å². The number of anilines is 2. The number of aromatic nitrogens is 1. The Morgan fingerprint density at radius 3 is 2.94 bits per heavy atom. The van der Waals surface area contributed by atoms with Crippen molar-refractivity contribution in [1.29, 1.82) is 0 Å². The second-order valence-corrected chi connectivity index (χ2v) is 5.53. The van der Waals surface area contributed by atoms with E-state index >= 15 is 0 Å². The van der Waals surface area contributed by atoms with Gasteiger partial charge < -0.3 is 16.8 Å². The van der Waals surface area contributed by atoms with Crippen molar-refractivity contribution in [3.63, 3.8) is 0 Å². The summed E-state index contributed by atoms with van der Waals surface area (Å²) in [6.07, 6.45) is 5.63. The van der Waals surface area contributed by atoms with E-state index in [9.17, 15) is 4.79 Å². The highest BCUT2D eigenvalue weighted by molar-refractivity contribution is 7.99. The Hall–Kier alpha value is -1.43. The lowest BCUT2D eigenvalue weighted by atomic mass is 10.2. The normalized spacial score (nSPS) is 22.9. The van der Waals surface area contributed by atoms with E-state index in [1.165, 1.54) is 12.8 Å². The molecule has 2 unspecified atom stereocenters. The number of nitrogen functional groups attached to an aromatic ring is 1. The number of nitrogens with two attached hydrogens (primary N) is 2. The SMILES string of the molecule is CSC1CCCC1Nc1nc(C(N)=O)ccc1N. The third-order valence-corrected chi connectivity index (χ3v) is 4.43. The van der Waals surface area contributed by atoms with Gasteiger partial charge in [-0.15, -0.1) is 0 Å². The highest BCUT2D eigenvalue weighted by Gasteiger charge is 2.27. The van der Waals surface area contributed by atoms with Gasteiger partial charge in [0.05, 0.1) is 5.69 Å². The molecule has 2 atom stereocenters.